The maximum Gasteiger partial charge on any atom is 0.333 e. The molecule has 0 spiro atoms. The number of aliphatic hydroxyl groups is 1. The van der Waals surface area contributed by atoms with Gasteiger partial charge in [-0.3, -0.25) is 10.2 Å². The molecule has 0 aliphatic carbocycles. The minimum atomic E-state index is -1.65. The number of hydrazine groups is 1. The number of carbonyl (C=O) groups is 2. The molecule has 1 aromatic heterocycles. The Morgan fingerprint density at radius 1 is 1.07 bits per heavy atom. The lowest BCUT2D eigenvalue weighted by Crippen LogP contribution is -2.47. The summed E-state index contributed by atoms with van der Waals surface area (Å²) < 4.78 is 0. The first kappa shape index (κ1) is 19.2. The van der Waals surface area contributed by atoms with E-state index in [0.717, 1.165) is 16.7 Å². The van der Waals surface area contributed by atoms with Crippen LogP contribution in [0.1, 0.15) is 16.2 Å². The number of aliphatic hydroxyl groups excluding tert-OH is 1. The van der Waals surface area contributed by atoms with E-state index in [0.29, 0.717) is 0 Å². The number of amides is 1. The topological polar surface area (TPSA) is 131 Å². The second-order valence-corrected chi connectivity index (χ2v) is 6.08. The van der Waals surface area contributed by atoms with Crippen LogP contribution in [0, 0.1) is 0 Å². The van der Waals surface area contributed by atoms with Gasteiger partial charge in [0.2, 0.25) is 5.82 Å². The molecule has 1 amide bonds. The van der Waals surface area contributed by atoms with Crippen LogP contribution in [0.2, 0.25) is 0 Å². The standard InChI is InChI=1S/C19H19N5O4/c25-16(19(27)28)11-24(23-18(26)17-20-12-21-22-17)10-13-6-8-15(9-7-13)14-4-2-1-3-5-14/h1-9,12,16,25H,10-11H2,(H,23,26)(H,27,28)(H,20,21,22). The lowest BCUT2D eigenvalue weighted by molar-refractivity contribution is -0.148. The van der Waals surface area contributed by atoms with Crippen molar-refractivity contribution in [2.75, 3.05) is 6.54 Å². The van der Waals surface area contributed by atoms with Crippen LogP contribution >= 0.6 is 0 Å². The van der Waals surface area contributed by atoms with Crippen LogP contribution in [0.4, 0.5) is 0 Å². The molecule has 0 saturated carbocycles. The van der Waals surface area contributed by atoms with E-state index < -0.39 is 18.0 Å². The van der Waals surface area contributed by atoms with Gasteiger partial charge in [-0.05, 0) is 16.7 Å². The molecule has 9 nitrogen and oxygen atoms in total. The highest BCUT2D eigenvalue weighted by atomic mass is 16.4. The first-order chi connectivity index (χ1) is 13.5. The van der Waals surface area contributed by atoms with Crippen LogP contribution < -0.4 is 5.43 Å². The van der Waals surface area contributed by atoms with Crippen molar-refractivity contribution in [1.82, 2.24) is 25.6 Å². The highest BCUT2D eigenvalue weighted by molar-refractivity contribution is 5.89. The van der Waals surface area contributed by atoms with Gasteiger partial charge in [0.05, 0.1) is 6.54 Å². The molecule has 4 N–H and O–H groups in total. The van der Waals surface area contributed by atoms with E-state index in [1.807, 2.05) is 54.6 Å². The van der Waals surface area contributed by atoms with Crippen molar-refractivity contribution >= 4 is 11.9 Å². The third-order valence-corrected chi connectivity index (χ3v) is 4.00. The molecule has 1 heterocycles. The van der Waals surface area contributed by atoms with E-state index in [1.165, 1.54) is 11.3 Å². The number of rotatable bonds is 8. The van der Waals surface area contributed by atoms with Crippen LogP contribution in [0.3, 0.4) is 0 Å². The van der Waals surface area contributed by atoms with Crippen molar-refractivity contribution in [2.24, 2.45) is 0 Å². The van der Waals surface area contributed by atoms with Gasteiger partial charge in [0.1, 0.15) is 6.33 Å². The number of carboxylic acids is 1. The zero-order chi connectivity index (χ0) is 19.9. The average Bonchev–Trinajstić information content (AvgIpc) is 3.24. The first-order valence-electron chi connectivity index (χ1n) is 8.50. The minimum absolute atomic E-state index is 0.0192. The number of H-pyrrole nitrogens is 1. The largest absolute Gasteiger partial charge is 0.479 e. The lowest BCUT2D eigenvalue weighted by Gasteiger charge is -2.24. The van der Waals surface area contributed by atoms with Crippen molar-refractivity contribution in [3.05, 3.63) is 72.3 Å². The Kier molecular flexibility index (Phi) is 6.10. The van der Waals surface area contributed by atoms with Gasteiger partial charge in [0.25, 0.3) is 0 Å². The molecule has 3 rings (SSSR count). The number of carbonyl (C=O) groups excluding carboxylic acids is 1. The number of aromatic nitrogens is 3. The van der Waals surface area contributed by atoms with Crippen LogP contribution in [0.5, 0.6) is 0 Å². The molecular weight excluding hydrogens is 362 g/mol. The Balaban J connectivity index is 1.72. The summed E-state index contributed by atoms with van der Waals surface area (Å²) in [5.74, 6) is -1.98. The van der Waals surface area contributed by atoms with Gasteiger partial charge < -0.3 is 15.2 Å². The van der Waals surface area contributed by atoms with Gasteiger partial charge >= 0.3 is 11.9 Å². The van der Waals surface area contributed by atoms with E-state index >= 15 is 0 Å². The third-order valence-electron chi connectivity index (χ3n) is 4.00. The summed E-state index contributed by atoms with van der Waals surface area (Å²) >= 11 is 0. The SMILES string of the molecule is O=C(NN(Cc1ccc(-c2ccccc2)cc1)CC(O)C(=O)O)c1nnc[nH]1. The summed E-state index contributed by atoms with van der Waals surface area (Å²) in [5, 5.41) is 27.1. The second-order valence-electron chi connectivity index (χ2n) is 6.08. The molecule has 2 aromatic carbocycles. The predicted molar refractivity (Wildman–Crippen MR) is 99.8 cm³/mol. The van der Waals surface area contributed by atoms with Crippen LogP contribution in [0.25, 0.3) is 11.1 Å². The number of nitrogens with zero attached hydrogens (tertiary/aromatic N) is 3. The van der Waals surface area contributed by atoms with E-state index in [1.54, 1.807) is 0 Å². The Bertz CT molecular complexity index is 913. The molecule has 0 radical (unpaired) electrons. The number of aliphatic carboxylic acids is 1. The summed E-state index contributed by atoms with van der Waals surface area (Å²) in [4.78, 5) is 25.7. The van der Waals surface area contributed by atoms with E-state index in [-0.39, 0.29) is 18.9 Å². The van der Waals surface area contributed by atoms with E-state index in [4.69, 9.17) is 5.11 Å². The molecule has 0 aliphatic heterocycles. The number of hydrogen-bond donors (Lipinski definition) is 4. The van der Waals surface area contributed by atoms with Crippen molar-refractivity contribution in [3.63, 3.8) is 0 Å². The van der Waals surface area contributed by atoms with E-state index in [2.05, 4.69) is 20.6 Å². The molecule has 0 saturated heterocycles. The smallest absolute Gasteiger partial charge is 0.333 e. The Labute approximate surface area is 160 Å². The average molecular weight is 381 g/mol. The van der Waals surface area contributed by atoms with Gasteiger partial charge in [-0.15, -0.1) is 10.2 Å². The highest BCUT2D eigenvalue weighted by Crippen LogP contribution is 2.19. The second kappa shape index (κ2) is 8.89. The Hall–Kier alpha value is -3.56. The molecule has 144 valence electrons. The molecule has 0 bridgehead atoms. The molecule has 0 fully saturated rings. The van der Waals surface area contributed by atoms with Crippen molar-refractivity contribution in [2.45, 2.75) is 12.6 Å². The van der Waals surface area contributed by atoms with Crippen molar-refractivity contribution < 1.29 is 19.8 Å². The summed E-state index contributed by atoms with van der Waals surface area (Å²) in [6.45, 7) is -0.102. The highest BCUT2D eigenvalue weighted by Gasteiger charge is 2.21. The van der Waals surface area contributed by atoms with Crippen molar-refractivity contribution in [1.29, 1.82) is 0 Å². The molecule has 9 heteroatoms. The predicted octanol–water partition coefficient (Wildman–Crippen LogP) is 1.06. The molecular formula is C19H19N5O4. The monoisotopic (exact) mass is 381 g/mol. The molecule has 28 heavy (non-hydrogen) atoms. The Morgan fingerprint density at radius 3 is 2.36 bits per heavy atom. The zero-order valence-electron chi connectivity index (χ0n) is 14.8. The quantitative estimate of drug-likeness (QED) is 0.429. The normalized spacial score (nSPS) is 11.9. The summed E-state index contributed by atoms with van der Waals surface area (Å²) in [6, 6.07) is 17.5. The van der Waals surface area contributed by atoms with Gasteiger partial charge in [-0.1, -0.05) is 54.6 Å². The number of benzene rings is 2. The summed E-state index contributed by atoms with van der Waals surface area (Å²) in [6.07, 6.45) is -0.396. The lowest BCUT2D eigenvalue weighted by atomic mass is 10.0. The number of aromatic amines is 1. The van der Waals surface area contributed by atoms with Gasteiger partial charge in [0.15, 0.2) is 6.10 Å². The van der Waals surface area contributed by atoms with Crippen LogP contribution in [-0.2, 0) is 11.3 Å². The summed E-state index contributed by atoms with van der Waals surface area (Å²) in [5.41, 5.74) is 5.48. The van der Waals surface area contributed by atoms with Crippen LogP contribution in [-0.4, -0.2) is 54.9 Å². The fourth-order valence-electron chi connectivity index (χ4n) is 2.60. The van der Waals surface area contributed by atoms with Crippen LogP contribution in [0.15, 0.2) is 60.9 Å². The molecule has 1 atom stereocenters. The van der Waals surface area contributed by atoms with Gasteiger partial charge in [-0.25, -0.2) is 9.80 Å². The number of hydrogen-bond acceptors (Lipinski definition) is 6. The zero-order valence-corrected chi connectivity index (χ0v) is 14.8. The van der Waals surface area contributed by atoms with Gasteiger partial charge in [-0.2, -0.15) is 0 Å². The fraction of sp³-hybridized carbons (Fsp3) is 0.158. The van der Waals surface area contributed by atoms with E-state index in [9.17, 15) is 14.7 Å². The van der Waals surface area contributed by atoms with Crippen molar-refractivity contribution in [3.8, 4) is 11.1 Å². The number of nitrogens with one attached hydrogen (secondary N) is 2. The number of carboxylic acid groups (broad SMARTS) is 1. The Morgan fingerprint density at radius 2 is 1.75 bits per heavy atom. The third kappa shape index (κ3) is 5.00. The maximum absolute atomic E-state index is 12.2. The fourth-order valence-corrected chi connectivity index (χ4v) is 2.60. The molecule has 3 aromatic rings. The first-order valence-corrected chi connectivity index (χ1v) is 8.50. The minimum Gasteiger partial charge on any atom is -0.479 e. The van der Waals surface area contributed by atoms with Gasteiger partial charge in [0, 0.05) is 6.54 Å². The molecule has 0 aliphatic rings. The maximum atomic E-state index is 12.2. The summed E-state index contributed by atoms with van der Waals surface area (Å²) in [7, 11) is 0. The molecule has 1 unspecified atom stereocenters.